The molecule has 2 rings (SSSR count). The summed E-state index contributed by atoms with van der Waals surface area (Å²) in [6.07, 6.45) is 0.641. The predicted octanol–water partition coefficient (Wildman–Crippen LogP) is -0.225. The Kier molecular flexibility index (Phi) is 1.52. The van der Waals surface area contributed by atoms with E-state index in [1.165, 1.54) is 10.6 Å². The summed E-state index contributed by atoms with van der Waals surface area (Å²) in [4.78, 5) is 11.1. The highest BCUT2D eigenvalue weighted by Crippen LogP contribution is 2.35. The van der Waals surface area contributed by atoms with Gasteiger partial charge in [-0.15, -0.1) is 0 Å². The van der Waals surface area contributed by atoms with Crippen molar-refractivity contribution in [3.05, 3.63) is 34.2 Å². The zero-order chi connectivity index (χ0) is 8.72. The highest BCUT2D eigenvalue weighted by Gasteiger charge is 2.38. The van der Waals surface area contributed by atoms with E-state index in [9.17, 15) is 4.79 Å². The van der Waals surface area contributed by atoms with Gasteiger partial charge in [0.2, 0.25) is 0 Å². The van der Waals surface area contributed by atoms with Crippen LogP contribution in [0.2, 0.25) is 0 Å². The largest absolute Gasteiger partial charge is 0.366 e. The van der Waals surface area contributed by atoms with Gasteiger partial charge in [-0.3, -0.25) is 4.79 Å². The van der Waals surface area contributed by atoms with Crippen LogP contribution in [0.25, 0.3) is 0 Å². The lowest BCUT2D eigenvalue weighted by molar-refractivity contribution is 0.156. The molecule has 0 bridgehead atoms. The lowest BCUT2D eigenvalue weighted by Crippen LogP contribution is -2.15. The summed E-state index contributed by atoms with van der Waals surface area (Å²) in [5, 5.41) is 8.91. The van der Waals surface area contributed by atoms with Crippen molar-refractivity contribution >= 4 is 0 Å². The SMILES string of the molecule is Cn1ccc(C2OC2O)cc1=O. The van der Waals surface area contributed by atoms with Crippen LogP contribution in [0.5, 0.6) is 0 Å². The molecule has 4 nitrogen and oxygen atoms in total. The zero-order valence-electron chi connectivity index (χ0n) is 6.60. The van der Waals surface area contributed by atoms with Gasteiger partial charge in [0.1, 0.15) is 6.10 Å². The molecule has 0 radical (unpaired) electrons. The lowest BCUT2D eigenvalue weighted by Gasteiger charge is -1.97. The summed E-state index contributed by atoms with van der Waals surface area (Å²) in [5.41, 5.74) is 0.654. The van der Waals surface area contributed by atoms with Crippen molar-refractivity contribution in [3.8, 4) is 0 Å². The van der Waals surface area contributed by atoms with E-state index in [0.717, 1.165) is 5.56 Å². The molecule has 0 amide bonds. The molecular weight excluding hydrogens is 158 g/mol. The molecule has 1 saturated heterocycles. The molecule has 1 N–H and O–H groups in total. The molecule has 2 heterocycles. The smallest absolute Gasteiger partial charge is 0.250 e. The van der Waals surface area contributed by atoms with Crippen LogP contribution in [0.1, 0.15) is 11.7 Å². The summed E-state index contributed by atoms with van der Waals surface area (Å²) in [6.45, 7) is 0. The van der Waals surface area contributed by atoms with Crippen molar-refractivity contribution in [1.29, 1.82) is 0 Å². The molecule has 1 aromatic heterocycles. The maximum Gasteiger partial charge on any atom is 0.250 e. The second kappa shape index (κ2) is 2.43. The third-order valence-corrected chi connectivity index (χ3v) is 1.93. The van der Waals surface area contributed by atoms with Crippen molar-refractivity contribution < 1.29 is 9.84 Å². The number of ether oxygens (including phenoxy) is 1. The van der Waals surface area contributed by atoms with Crippen molar-refractivity contribution in [2.24, 2.45) is 7.05 Å². The van der Waals surface area contributed by atoms with Gasteiger partial charge in [0.25, 0.3) is 5.56 Å². The summed E-state index contributed by atoms with van der Waals surface area (Å²) in [7, 11) is 1.68. The van der Waals surface area contributed by atoms with Crippen LogP contribution in [0.15, 0.2) is 23.1 Å². The average Bonchev–Trinajstić information content (AvgIpc) is 2.73. The molecule has 4 heteroatoms. The highest BCUT2D eigenvalue weighted by atomic mass is 16.7. The van der Waals surface area contributed by atoms with Gasteiger partial charge < -0.3 is 14.4 Å². The van der Waals surface area contributed by atoms with E-state index in [2.05, 4.69) is 0 Å². The fourth-order valence-corrected chi connectivity index (χ4v) is 1.09. The van der Waals surface area contributed by atoms with Crippen LogP contribution in [0.4, 0.5) is 0 Å². The summed E-state index contributed by atoms with van der Waals surface area (Å²) in [6, 6.07) is 3.24. The highest BCUT2D eigenvalue weighted by molar-refractivity contribution is 5.18. The standard InChI is InChI=1S/C8H9NO3/c1-9-3-2-5(4-6(9)10)7-8(11)12-7/h2-4,7-8,11H,1H3. The Morgan fingerprint density at radius 3 is 2.83 bits per heavy atom. The van der Waals surface area contributed by atoms with Crippen LogP contribution in [0, 0.1) is 0 Å². The molecule has 1 aliphatic heterocycles. The van der Waals surface area contributed by atoms with E-state index in [4.69, 9.17) is 9.84 Å². The van der Waals surface area contributed by atoms with Gasteiger partial charge in [-0.1, -0.05) is 0 Å². The normalized spacial score (nSPS) is 27.2. The van der Waals surface area contributed by atoms with E-state index in [-0.39, 0.29) is 11.7 Å². The first-order valence-electron chi connectivity index (χ1n) is 3.68. The van der Waals surface area contributed by atoms with Crippen molar-refractivity contribution in [3.63, 3.8) is 0 Å². The Hall–Kier alpha value is -1.13. The zero-order valence-corrected chi connectivity index (χ0v) is 6.60. The number of rotatable bonds is 1. The van der Waals surface area contributed by atoms with Crippen molar-refractivity contribution in [2.75, 3.05) is 0 Å². The third-order valence-electron chi connectivity index (χ3n) is 1.93. The Morgan fingerprint density at radius 2 is 2.33 bits per heavy atom. The van der Waals surface area contributed by atoms with Gasteiger partial charge in [0, 0.05) is 19.3 Å². The van der Waals surface area contributed by atoms with Gasteiger partial charge in [0.05, 0.1) is 0 Å². The second-order valence-electron chi connectivity index (χ2n) is 2.86. The van der Waals surface area contributed by atoms with Crippen molar-refractivity contribution in [1.82, 2.24) is 4.57 Å². The first kappa shape index (κ1) is 7.52. The first-order valence-corrected chi connectivity index (χ1v) is 3.68. The Balaban J connectivity index is 2.36. The number of pyridine rings is 1. The molecule has 0 aromatic carbocycles. The number of epoxide rings is 1. The molecule has 0 spiro atoms. The number of aliphatic hydroxyl groups excluding tert-OH is 1. The van der Waals surface area contributed by atoms with Gasteiger partial charge in [-0.2, -0.15) is 0 Å². The van der Waals surface area contributed by atoms with Crippen LogP contribution < -0.4 is 5.56 Å². The first-order chi connectivity index (χ1) is 5.68. The van der Waals surface area contributed by atoms with Crippen LogP contribution >= 0.6 is 0 Å². The lowest BCUT2D eigenvalue weighted by atomic mass is 10.2. The Bertz CT molecular complexity index is 358. The molecular formula is C8H9NO3. The number of aryl methyl sites for hydroxylation is 1. The van der Waals surface area contributed by atoms with Gasteiger partial charge in [-0.05, 0) is 11.6 Å². The second-order valence-corrected chi connectivity index (χ2v) is 2.86. The van der Waals surface area contributed by atoms with E-state index >= 15 is 0 Å². The minimum Gasteiger partial charge on any atom is -0.366 e. The van der Waals surface area contributed by atoms with Crippen LogP contribution in [-0.4, -0.2) is 16.0 Å². The van der Waals surface area contributed by atoms with E-state index in [1.54, 1.807) is 19.3 Å². The maximum absolute atomic E-state index is 11.1. The summed E-state index contributed by atoms with van der Waals surface area (Å²) < 4.78 is 6.28. The molecule has 1 aromatic rings. The third kappa shape index (κ3) is 1.15. The summed E-state index contributed by atoms with van der Waals surface area (Å²) >= 11 is 0. The average molecular weight is 167 g/mol. The number of aromatic nitrogens is 1. The minimum absolute atomic E-state index is 0.0878. The van der Waals surface area contributed by atoms with Crippen molar-refractivity contribution in [2.45, 2.75) is 12.4 Å². The topological polar surface area (TPSA) is 54.8 Å². The molecule has 64 valence electrons. The monoisotopic (exact) mass is 167 g/mol. The van der Waals surface area contributed by atoms with E-state index < -0.39 is 6.29 Å². The van der Waals surface area contributed by atoms with E-state index in [1.807, 2.05) is 0 Å². The van der Waals surface area contributed by atoms with Gasteiger partial charge in [0.15, 0.2) is 6.29 Å². The Morgan fingerprint density at radius 1 is 1.67 bits per heavy atom. The molecule has 12 heavy (non-hydrogen) atoms. The fraction of sp³-hybridized carbons (Fsp3) is 0.375. The number of hydrogen-bond acceptors (Lipinski definition) is 3. The molecule has 0 aliphatic carbocycles. The summed E-state index contributed by atoms with van der Waals surface area (Å²) in [5.74, 6) is 0. The number of nitrogens with zero attached hydrogens (tertiary/aromatic N) is 1. The van der Waals surface area contributed by atoms with Gasteiger partial charge >= 0.3 is 0 Å². The quantitative estimate of drug-likeness (QED) is 0.588. The van der Waals surface area contributed by atoms with Crippen LogP contribution in [-0.2, 0) is 11.8 Å². The molecule has 1 fully saturated rings. The van der Waals surface area contributed by atoms with Gasteiger partial charge in [-0.25, -0.2) is 0 Å². The molecule has 2 atom stereocenters. The minimum atomic E-state index is -0.725. The maximum atomic E-state index is 11.1. The van der Waals surface area contributed by atoms with Crippen LogP contribution in [0.3, 0.4) is 0 Å². The molecule has 1 aliphatic rings. The van der Waals surface area contributed by atoms with E-state index in [0.29, 0.717) is 0 Å². The number of hydrogen-bond donors (Lipinski definition) is 1. The number of aliphatic hydroxyl groups is 1. The molecule has 2 unspecified atom stereocenters. The Labute approximate surface area is 69.0 Å². The predicted molar refractivity (Wildman–Crippen MR) is 41.5 cm³/mol. The molecule has 0 saturated carbocycles. The fourth-order valence-electron chi connectivity index (χ4n) is 1.09.